The molecule has 5 nitrogen and oxygen atoms in total. The molecule has 0 aromatic heterocycles. The molecule has 0 fully saturated rings. The Morgan fingerprint density at radius 1 is 0.952 bits per heavy atom. The fourth-order valence-corrected chi connectivity index (χ4v) is 2.51. The molecule has 21 heavy (non-hydrogen) atoms. The molecule has 0 spiro atoms. The summed E-state index contributed by atoms with van der Waals surface area (Å²) < 4.78 is 11.1. The average Bonchev–Trinajstić information content (AvgIpc) is 2.84. The van der Waals surface area contributed by atoms with Crippen molar-refractivity contribution in [2.75, 3.05) is 13.2 Å². The van der Waals surface area contributed by atoms with E-state index in [9.17, 15) is 0 Å². The molecular weight excluding hydrogens is 266 g/mol. The third kappa shape index (κ3) is 2.03. The second kappa shape index (κ2) is 4.63. The van der Waals surface area contributed by atoms with Crippen LogP contribution in [0, 0.1) is 0 Å². The zero-order valence-corrected chi connectivity index (χ0v) is 11.3. The van der Waals surface area contributed by atoms with Crippen molar-refractivity contribution in [1.82, 2.24) is 0 Å². The first-order valence-electron chi connectivity index (χ1n) is 6.79. The van der Waals surface area contributed by atoms with Crippen LogP contribution in [0.1, 0.15) is 11.1 Å². The van der Waals surface area contributed by atoms with Gasteiger partial charge < -0.3 is 15.2 Å². The lowest BCUT2D eigenvalue weighted by Gasteiger charge is -2.17. The third-order valence-electron chi connectivity index (χ3n) is 3.49. The van der Waals surface area contributed by atoms with Crippen molar-refractivity contribution in [1.29, 1.82) is 0 Å². The number of nitrogens with one attached hydrogen (secondary N) is 1. The normalized spacial score (nSPS) is 17.5. The summed E-state index contributed by atoms with van der Waals surface area (Å²) in [6, 6.07) is 13.6. The van der Waals surface area contributed by atoms with E-state index in [1.807, 2.05) is 42.5 Å². The predicted octanol–water partition coefficient (Wildman–Crippen LogP) is 0.336. The SMILES string of the molecule is NC1=[NH+]C(=Nc2ccc3c(c2)OCCO3)c2ccccc21. The average molecular weight is 280 g/mol. The number of benzene rings is 2. The van der Waals surface area contributed by atoms with Crippen molar-refractivity contribution in [2.45, 2.75) is 0 Å². The molecule has 0 radical (unpaired) electrons. The number of hydrogen-bond acceptors (Lipinski definition) is 4. The molecule has 2 aromatic rings. The first-order valence-corrected chi connectivity index (χ1v) is 6.79. The summed E-state index contributed by atoms with van der Waals surface area (Å²) in [4.78, 5) is 7.75. The maximum absolute atomic E-state index is 5.98. The van der Waals surface area contributed by atoms with Crippen LogP contribution in [0.15, 0.2) is 47.5 Å². The van der Waals surface area contributed by atoms with Gasteiger partial charge in [-0.15, -0.1) is 4.99 Å². The van der Waals surface area contributed by atoms with Crippen LogP contribution < -0.4 is 20.2 Å². The number of fused-ring (bicyclic) bond motifs is 2. The summed E-state index contributed by atoms with van der Waals surface area (Å²) in [6.07, 6.45) is 0. The molecule has 0 unspecified atom stereocenters. The second-order valence-electron chi connectivity index (χ2n) is 4.87. The van der Waals surface area contributed by atoms with Crippen molar-refractivity contribution in [3.63, 3.8) is 0 Å². The number of nitrogens with zero attached hydrogens (tertiary/aromatic N) is 1. The smallest absolute Gasteiger partial charge is 0.269 e. The van der Waals surface area contributed by atoms with Crippen LogP contribution in [0.3, 0.4) is 0 Å². The molecule has 2 aromatic carbocycles. The van der Waals surface area contributed by atoms with E-state index in [0.717, 1.165) is 34.1 Å². The summed E-state index contributed by atoms with van der Waals surface area (Å²) in [5.74, 6) is 2.86. The Hall–Kier alpha value is -2.82. The van der Waals surface area contributed by atoms with Gasteiger partial charge in [0.25, 0.3) is 5.84 Å². The highest BCUT2D eigenvalue weighted by Crippen LogP contribution is 2.33. The fraction of sp³-hybridized carbons (Fsp3) is 0.125. The van der Waals surface area contributed by atoms with E-state index in [2.05, 4.69) is 9.98 Å². The van der Waals surface area contributed by atoms with Crippen LogP contribution in [0.25, 0.3) is 0 Å². The minimum absolute atomic E-state index is 0.564. The van der Waals surface area contributed by atoms with Crippen LogP contribution in [0.5, 0.6) is 11.5 Å². The molecule has 2 aliphatic rings. The number of aliphatic imine (C=N–C) groups is 1. The summed E-state index contributed by atoms with van der Waals surface area (Å²) >= 11 is 0. The lowest BCUT2D eigenvalue weighted by molar-refractivity contribution is -0.311. The number of amidine groups is 2. The van der Waals surface area contributed by atoms with Crippen LogP contribution in [0.2, 0.25) is 0 Å². The highest BCUT2D eigenvalue weighted by Gasteiger charge is 2.24. The fourth-order valence-electron chi connectivity index (χ4n) is 2.51. The van der Waals surface area contributed by atoms with E-state index in [1.165, 1.54) is 0 Å². The molecule has 0 saturated heterocycles. The quantitative estimate of drug-likeness (QED) is 0.791. The molecule has 0 atom stereocenters. The Morgan fingerprint density at radius 3 is 2.57 bits per heavy atom. The van der Waals surface area contributed by atoms with Crippen LogP contribution in [-0.2, 0) is 0 Å². The zero-order valence-electron chi connectivity index (χ0n) is 11.3. The molecular formula is C16H14N3O2+. The third-order valence-corrected chi connectivity index (χ3v) is 3.49. The summed E-state index contributed by atoms with van der Waals surface area (Å²) in [5, 5.41) is 0. The Balaban J connectivity index is 1.76. The van der Waals surface area contributed by atoms with Gasteiger partial charge in [0, 0.05) is 6.07 Å². The topological polar surface area (TPSA) is 70.8 Å². The van der Waals surface area contributed by atoms with Gasteiger partial charge in [0.1, 0.15) is 18.9 Å². The first kappa shape index (κ1) is 12.0. The predicted molar refractivity (Wildman–Crippen MR) is 79.3 cm³/mol. The lowest BCUT2D eigenvalue weighted by Crippen LogP contribution is -2.76. The monoisotopic (exact) mass is 280 g/mol. The lowest BCUT2D eigenvalue weighted by atomic mass is 10.1. The molecule has 0 aliphatic carbocycles. The highest BCUT2D eigenvalue weighted by molar-refractivity contribution is 6.12. The number of ether oxygens (including phenoxy) is 2. The first-order chi connectivity index (χ1) is 10.3. The molecule has 2 heterocycles. The van der Waals surface area contributed by atoms with Gasteiger partial charge in [0.05, 0.1) is 11.1 Å². The number of nitrogen functional groups attached to an aromatic ring is 1. The van der Waals surface area contributed by atoms with E-state index in [-0.39, 0.29) is 0 Å². The minimum atomic E-state index is 0.564. The van der Waals surface area contributed by atoms with Crippen molar-refractivity contribution in [3.05, 3.63) is 53.6 Å². The van der Waals surface area contributed by atoms with Crippen LogP contribution in [-0.4, -0.2) is 24.9 Å². The van der Waals surface area contributed by atoms with Gasteiger partial charge in [-0.2, -0.15) is 0 Å². The van der Waals surface area contributed by atoms with E-state index in [1.54, 1.807) is 0 Å². The van der Waals surface area contributed by atoms with E-state index < -0.39 is 0 Å². The van der Waals surface area contributed by atoms with Crippen LogP contribution in [0.4, 0.5) is 5.69 Å². The summed E-state index contributed by atoms with van der Waals surface area (Å²) in [6.45, 7) is 1.15. The van der Waals surface area contributed by atoms with E-state index in [0.29, 0.717) is 19.0 Å². The maximum Gasteiger partial charge on any atom is 0.269 e. The van der Waals surface area contributed by atoms with Gasteiger partial charge in [0.2, 0.25) is 5.84 Å². The Bertz CT molecular complexity index is 781. The van der Waals surface area contributed by atoms with Gasteiger partial charge in [-0.3, -0.25) is 0 Å². The molecule has 2 aliphatic heterocycles. The minimum Gasteiger partial charge on any atom is -0.486 e. The van der Waals surface area contributed by atoms with Gasteiger partial charge in [-0.1, -0.05) is 12.1 Å². The number of nitrogens with two attached hydrogens (primary N) is 1. The molecule has 4 rings (SSSR count). The molecule has 3 N–H and O–H groups in total. The van der Waals surface area contributed by atoms with Crippen molar-refractivity contribution < 1.29 is 14.5 Å². The van der Waals surface area contributed by atoms with Gasteiger partial charge in [-0.25, -0.2) is 4.99 Å². The Labute approximate surface area is 121 Å². The summed E-state index contributed by atoms with van der Waals surface area (Å²) in [7, 11) is 0. The largest absolute Gasteiger partial charge is 0.486 e. The van der Waals surface area contributed by atoms with Crippen LogP contribution >= 0.6 is 0 Å². The van der Waals surface area contributed by atoms with Crippen molar-refractivity contribution in [3.8, 4) is 11.5 Å². The molecule has 5 heteroatoms. The van der Waals surface area contributed by atoms with Gasteiger partial charge in [0.15, 0.2) is 11.5 Å². The zero-order chi connectivity index (χ0) is 14.2. The number of rotatable bonds is 1. The number of hydrogen-bond donors (Lipinski definition) is 2. The second-order valence-corrected chi connectivity index (χ2v) is 4.87. The molecule has 104 valence electrons. The standard InChI is InChI=1S/C16H13N3O2/c17-15-11-3-1-2-4-12(11)16(19-15)18-10-5-6-13-14(9-10)21-8-7-20-13/h1-6,9H,7-8H2,(H2,17,18,19)/p+1. The molecule has 0 amide bonds. The summed E-state index contributed by atoms with van der Waals surface area (Å²) in [5.41, 5.74) is 8.76. The van der Waals surface area contributed by atoms with Crippen molar-refractivity contribution >= 4 is 17.4 Å². The van der Waals surface area contributed by atoms with Gasteiger partial charge in [-0.05, 0) is 24.3 Å². The van der Waals surface area contributed by atoms with Crippen molar-refractivity contribution in [2.24, 2.45) is 10.7 Å². The Kier molecular flexibility index (Phi) is 2.64. The highest BCUT2D eigenvalue weighted by atomic mass is 16.6. The Morgan fingerprint density at radius 2 is 1.71 bits per heavy atom. The maximum atomic E-state index is 5.98. The molecule has 0 bridgehead atoms. The van der Waals surface area contributed by atoms with E-state index in [4.69, 9.17) is 15.2 Å². The van der Waals surface area contributed by atoms with E-state index >= 15 is 0 Å². The van der Waals surface area contributed by atoms with Gasteiger partial charge >= 0.3 is 0 Å². The molecule has 0 saturated carbocycles.